The van der Waals surface area contributed by atoms with Gasteiger partial charge in [-0.15, -0.1) is 0 Å². The van der Waals surface area contributed by atoms with Gasteiger partial charge < -0.3 is 16.2 Å². The molecular weight excluding hydrogens is 152 g/mol. The van der Waals surface area contributed by atoms with Gasteiger partial charge in [0.1, 0.15) is 0 Å². The van der Waals surface area contributed by atoms with Crippen molar-refractivity contribution >= 4 is 5.69 Å². The van der Waals surface area contributed by atoms with Gasteiger partial charge in [0.05, 0.1) is 12.3 Å². The predicted octanol–water partition coefficient (Wildman–Crippen LogP) is 0.891. The van der Waals surface area contributed by atoms with Crippen LogP contribution in [0.2, 0.25) is 0 Å². The lowest BCUT2D eigenvalue weighted by molar-refractivity contribution is 0.329. The van der Waals surface area contributed by atoms with E-state index in [0.29, 0.717) is 5.70 Å². The number of aliphatic hydroxyl groups is 1. The summed E-state index contributed by atoms with van der Waals surface area (Å²) in [7, 11) is 0. The molecule has 4 N–H and O–H groups in total. The first-order valence-electron chi connectivity index (χ1n) is 3.70. The molecule has 0 saturated carbocycles. The maximum atomic E-state index is 8.58. The molecular formula is C9H12N2O. The van der Waals surface area contributed by atoms with Crippen molar-refractivity contribution < 1.29 is 5.11 Å². The van der Waals surface area contributed by atoms with Crippen LogP contribution in [0, 0.1) is 0 Å². The van der Waals surface area contributed by atoms with Gasteiger partial charge in [0.15, 0.2) is 0 Å². The smallest absolute Gasteiger partial charge is 0.0840 e. The minimum absolute atomic E-state index is 0.125. The third-order valence-corrected chi connectivity index (χ3v) is 1.38. The molecule has 0 bridgehead atoms. The highest BCUT2D eigenvalue weighted by Crippen LogP contribution is 2.04. The number of benzene rings is 1. The lowest BCUT2D eigenvalue weighted by atomic mass is 10.3. The van der Waals surface area contributed by atoms with Gasteiger partial charge >= 0.3 is 0 Å². The van der Waals surface area contributed by atoms with Crippen LogP contribution in [0.5, 0.6) is 0 Å². The van der Waals surface area contributed by atoms with Crippen molar-refractivity contribution in [3.05, 3.63) is 42.2 Å². The molecule has 0 saturated heterocycles. The summed E-state index contributed by atoms with van der Waals surface area (Å²) in [5, 5.41) is 11.5. The largest absolute Gasteiger partial charge is 0.399 e. The maximum Gasteiger partial charge on any atom is 0.0840 e. The Kier molecular flexibility index (Phi) is 3.17. The first-order chi connectivity index (χ1) is 5.83. The zero-order valence-corrected chi connectivity index (χ0v) is 6.70. The summed E-state index contributed by atoms with van der Waals surface area (Å²) in [6, 6.07) is 9.61. The molecule has 0 fully saturated rings. The molecule has 0 aliphatic heterocycles. The molecule has 0 aromatic heterocycles. The second kappa shape index (κ2) is 4.41. The van der Waals surface area contributed by atoms with Crippen LogP contribution in [-0.4, -0.2) is 11.7 Å². The number of hydrogen-bond acceptors (Lipinski definition) is 3. The van der Waals surface area contributed by atoms with Crippen LogP contribution < -0.4 is 11.1 Å². The second-order valence-corrected chi connectivity index (χ2v) is 2.39. The highest BCUT2D eigenvalue weighted by molar-refractivity contribution is 5.45. The number of hydrogen-bond donors (Lipinski definition) is 3. The zero-order valence-electron chi connectivity index (χ0n) is 6.70. The van der Waals surface area contributed by atoms with Gasteiger partial charge in [0.2, 0.25) is 0 Å². The Bertz CT molecular complexity index is 256. The van der Waals surface area contributed by atoms with Crippen LogP contribution in [0.1, 0.15) is 0 Å². The number of rotatable bonds is 3. The second-order valence-electron chi connectivity index (χ2n) is 2.39. The predicted molar refractivity (Wildman–Crippen MR) is 49.4 cm³/mol. The quantitative estimate of drug-likeness (QED) is 0.621. The van der Waals surface area contributed by atoms with Crippen LogP contribution in [-0.2, 0) is 0 Å². The molecule has 0 amide bonds. The zero-order chi connectivity index (χ0) is 8.81. The fourth-order valence-corrected chi connectivity index (χ4v) is 0.756. The van der Waals surface area contributed by atoms with Crippen molar-refractivity contribution in [2.24, 2.45) is 5.73 Å². The first kappa shape index (κ1) is 8.62. The topological polar surface area (TPSA) is 58.3 Å². The van der Waals surface area contributed by atoms with E-state index in [1.807, 2.05) is 30.3 Å². The van der Waals surface area contributed by atoms with E-state index in [-0.39, 0.29) is 6.61 Å². The summed E-state index contributed by atoms with van der Waals surface area (Å²) in [5.41, 5.74) is 6.74. The lowest BCUT2D eigenvalue weighted by Crippen LogP contribution is -2.04. The fourth-order valence-electron chi connectivity index (χ4n) is 0.756. The van der Waals surface area contributed by atoms with Gasteiger partial charge in [-0.3, -0.25) is 0 Å². The summed E-state index contributed by atoms with van der Waals surface area (Å²) in [5.74, 6) is 0. The molecule has 1 rings (SSSR count). The Morgan fingerprint density at radius 2 is 2.08 bits per heavy atom. The normalized spacial score (nSPS) is 11.2. The number of para-hydroxylation sites is 1. The van der Waals surface area contributed by atoms with E-state index < -0.39 is 0 Å². The molecule has 1 aromatic carbocycles. The third-order valence-electron chi connectivity index (χ3n) is 1.38. The van der Waals surface area contributed by atoms with Crippen molar-refractivity contribution in [3.8, 4) is 0 Å². The number of aliphatic hydroxyl groups excluding tert-OH is 1. The van der Waals surface area contributed by atoms with Crippen LogP contribution in [0.15, 0.2) is 42.2 Å². The van der Waals surface area contributed by atoms with E-state index >= 15 is 0 Å². The lowest BCUT2D eigenvalue weighted by Gasteiger charge is -2.00. The Hall–Kier alpha value is -1.48. The fraction of sp³-hybridized carbons (Fsp3) is 0.111. The molecule has 0 heterocycles. The SMILES string of the molecule is N/C(=C\Nc1ccccc1)CO. The van der Waals surface area contributed by atoms with E-state index in [4.69, 9.17) is 10.8 Å². The molecule has 12 heavy (non-hydrogen) atoms. The average Bonchev–Trinajstić information content (AvgIpc) is 2.16. The van der Waals surface area contributed by atoms with Crippen molar-refractivity contribution in [1.29, 1.82) is 0 Å². The monoisotopic (exact) mass is 164 g/mol. The number of nitrogens with one attached hydrogen (secondary N) is 1. The highest BCUT2D eigenvalue weighted by Gasteiger charge is 1.86. The van der Waals surface area contributed by atoms with Crippen LogP contribution in [0.25, 0.3) is 0 Å². The van der Waals surface area contributed by atoms with Crippen LogP contribution in [0.3, 0.4) is 0 Å². The van der Waals surface area contributed by atoms with Gasteiger partial charge in [-0.25, -0.2) is 0 Å². The molecule has 0 unspecified atom stereocenters. The summed E-state index contributed by atoms with van der Waals surface area (Å²) < 4.78 is 0. The minimum atomic E-state index is -0.125. The molecule has 0 atom stereocenters. The molecule has 0 aliphatic rings. The van der Waals surface area contributed by atoms with Crippen molar-refractivity contribution in [2.75, 3.05) is 11.9 Å². The molecule has 0 radical (unpaired) electrons. The Morgan fingerprint density at radius 1 is 1.42 bits per heavy atom. The average molecular weight is 164 g/mol. The molecule has 0 aliphatic carbocycles. The van der Waals surface area contributed by atoms with Crippen molar-refractivity contribution in [3.63, 3.8) is 0 Å². The number of anilines is 1. The molecule has 0 spiro atoms. The van der Waals surface area contributed by atoms with E-state index in [9.17, 15) is 0 Å². The van der Waals surface area contributed by atoms with Gasteiger partial charge in [0.25, 0.3) is 0 Å². The van der Waals surface area contributed by atoms with Crippen LogP contribution in [0.4, 0.5) is 5.69 Å². The summed E-state index contributed by atoms with van der Waals surface area (Å²) in [6.45, 7) is -0.125. The summed E-state index contributed by atoms with van der Waals surface area (Å²) in [4.78, 5) is 0. The van der Waals surface area contributed by atoms with Gasteiger partial charge in [-0.05, 0) is 12.1 Å². The minimum Gasteiger partial charge on any atom is -0.399 e. The standard InChI is InChI=1S/C9H12N2O/c10-8(7-12)6-11-9-4-2-1-3-5-9/h1-6,11-12H,7,10H2/b8-6-. The van der Waals surface area contributed by atoms with E-state index in [1.165, 1.54) is 0 Å². The maximum absolute atomic E-state index is 8.58. The van der Waals surface area contributed by atoms with Crippen molar-refractivity contribution in [1.82, 2.24) is 0 Å². The summed E-state index contributed by atoms with van der Waals surface area (Å²) in [6.07, 6.45) is 1.58. The van der Waals surface area contributed by atoms with Gasteiger partial charge in [-0.1, -0.05) is 18.2 Å². The van der Waals surface area contributed by atoms with Crippen LogP contribution >= 0.6 is 0 Å². The van der Waals surface area contributed by atoms with Crippen molar-refractivity contribution in [2.45, 2.75) is 0 Å². The molecule has 3 nitrogen and oxygen atoms in total. The van der Waals surface area contributed by atoms with E-state index in [1.54, 1.807) is 6.20 Å². The molecule has 64 valence electrons. The first-order valence-corrected chi connectivity index (χ1v) is 3.70. The van der Waals surface area contributed by atoms with Gasteiger partial charge in [-0.2, -0.15) is 0 Å². The molecule has 1 aromatic rings. The summed E-state index contributed by atoms with van der Waals surface area (Å²) >= 11 is 0. The number of nitrogens with two attached hydrogens (primary N) is 1. The Labute approximate surface area is 71.5 Å². The molecule has 3 heteroatoms. The van der Waals surface area contributed by atoms with E-state index in [0.717, 1.165) is 5.69 Å². The highest BCUT2D eigenvalue weighted by atomic mass is 16.3. The van der Waals surface area contributed by atoms with Gasteiger partial charge in [0, 0.05) is 11.9 Å². The Morgan fingerprint density at radius 3 is 2.67 bits per heavy atom. The van der Waals surface area contributed by atoms with E-state index in [2.05, 4.69) is 5.32 Å². The third kappa shape index (κ3) is 2.64. The Balaban J connectivity index is 2.54.